The molecule has 2 rings (SSSR count). The minimum atomic E-state index is -0.291. The normalized spacial score (nSPS) is 12.1. The number of thiophene rings is 1. The van der Waals surface area contributed by atoms with Gasteiger partial charge in [-0.15, -0.1) is 11.3 Å². The van der Waals surface area contributed by atoms with E-state index in [0.717, 1.165) is 5.56 Å². The highest BCUT2D eigenvalue weighted by molar-refractivity contribution is 7.10. The molecular weight excluding hydrogens is 258 g/mol. The second-order valence-electron chi connectivity index (χ2n) is 4.27. The summed E-state index contributed by atoms with van der Waals surface area (Å²) in [4.78, 5) is 12.9. The minimum Gasteiger partial charge on any atom is -0.465 e. The number of carbonyl (C=O) groups is 1. The summed E-state index contributed by atoms with van der Waals surface area (Å²) in [7, 11) is 1.40. The SMILES string of the molecule is COC(=O)c1ccccc1CNC(C)c1cccs1. The van der Waals surface area contributed by atoms with Crippen molar-refractivity contribution in [2.45, 2.75) is 19.5 Å². The van der Waals surface area contributed by atoms with Gasteiger partial charge in [0.1, 0.15) is 0 Å². The molecule has 1 N–H and O–H groups in total. The largest absolute Gasteiger partial charge is 0.465 e. The molecule has 100 valence electrons. The zero-order valence-corrected chi connectivity index (χ0v) is 11.9. The van der Waals surface area contributed by atoms with E-state index in [1.165, 1.54) is 12.0 Å². The molecule has 0 amide bonds. The average molecular weight is 275 g/mol. The van der Waals surface area contributed by atoms with E-state index in [1.54, 1.807) is 17.4 Å². The van der Waals surface area contributed by atoms with Crippen molar-refractivity contribution in [1.29, 1.82) is 0 Å². The monoisotopic (exact) mass is 275 g/mol. The number of ether oxygens (including phenoxy) is 1. The highest BCUT2D eigenvalue weighted by atomic mass is 32.1. The van der Waals surface area contributed by atoms with Crippen LogP contribution in [0.5, 0.6) is 0 Å². The molecule has 1 heterocycles. The average Bonchev–Trinajstić information content (AvgIpc) is 2.98. The molecule has 1 atom stereocenters. The third-order valence-corrected chi connectivity index (χ3v) is 4.05. The van der Waals surface area contributed by atoms with E-state index in [-0.39, 0.29) is 12.0 Å². The maximum absolute atomic E-state index is 11.7. The van der Waals surface area contributed by atoms with Gasteiger partial charge in [0.05, 0.1) is 12.7 Å². The van der Waals surface area contributed by atoms with Crippen LogP contribution < -0.4 is 5.32 Å². The maximum atomic E-state index is 11.7. The molecule has 0 saturated carbocycles. The number of methoxy groups -OCH3 is 1. The molecule has 0 spiro atoms. The van der Waals surface area contributed by atoms with E-state index in [9.17, 15) is 4.79 Å². The summed E-state index contributed by atoms with van der Waals surface area (Å²) in [5.74, 6) is -0.291. The standard InChI is InChI=1S/C15H17NO2S/c1-11(14-8-5-9-19-14)16-10-12-6-3-4-7-13(12)15(17)18-2/h3-9,11,16H,10H2,1-2H3. The summed E-state index contributed by atoms with van der Waals surface area (Å²) >= 11 is 1.73. The fraction of sp³-hybridized carbons (Fsp3) is 0.267. The van der Waals surface area contributed by atoms with Crippen molar-refractivity contribution >= 4 is 17.3 Å². The van der Waals surface area contributed by atoms with Crippen LogP contribution in [0.3, 0.4) is 0 Å². The maximum Gasteiger partial charge on any atom is 0.338 e. The lowest BCUT2D eigenvalue weighted by molar-refractivity contribution is 0.0599. The highest BCUT2D eigenvalue weighted by Gasteiger charge is 2.12. The Bertz CT molecular complexity index is 537. The van der Waals surface area contributed by atoms with E-state index in [4.69, 9.17) is 4.74 Å². The number of hydrogen-bond donors (Lipinski definition) is 1. The quantitative estimate of drug-likeness (QED) is 0.850. The lowest BCUT2D eigenvalue weighted by atomic mass is 10.1. The van der Waals surface area contributed by atoms with E-state index in [2.05, 4.69) is 23.7 Å². The van der Waals surface area contributed by atoms with Gasteiger partial charge < -0.3 is 10.1 Å². The van der Waals surface area contributed by atoms with Crippen LogP contribution in [0.1, 0.15) is 33.8 Å². The zero-order valence-electron chi connectivity index (χ0n) is 11.1. The van der Waals surface area contributed by atoms with Crippen LogP contribution in [0.2, 0.25) is 0 Å². The molecule has 0 radical (unpaired) electrons. The van der Waals surface area contributed by atoms with Crippen LogP contribution in [0.15, 0.2) is 41.8 Å². The first kappa shape index (κ1) is 13.8. The van der Waals surface area contributed by atoms with Crippen molar-refractivity contribution in [3.05, 3.63) is 57.8 Å². The number of esters is 1. The molecule has 0 saturated heterocycles. The van der Waals surface area contributed by atoms with Crippen LogP contribution in [-0.2, 0) is 11.3 Å². The van der Waals surface area contributed by atoms with E-state index in [1.807, 2.05) is 24.3 Å². The van der Waals surface area contributed by atoms with Crippen LogP contribution in [0, 0.1) is 0 Å². The molecule has 3 nitrogen and oxygen atoms in total. The molecule has 0 aliphatic carbocycles. The predicted octanol–water partition coefficient (Wildman–Crippen LogP) is 3.39. The fourth-order valence-electron chi connectivity index (χ4n) is 1.88. The Kier molecular flexibility index (Phi) is 4.71. The molecule has 1 aromatic heterocycles. The Hall–Kier alpha value is -1.65. The number of carbonyl (C=O) groups excluding carboxylic acids is 1. The predicted molar refractivity (Wildman–Crippen MR) is 77.4 cm³/mol. The van der Waals surface area contributed by atoms with Crippen molar-refractivity contribution in [3.63, 3.8) is 0 Å². The van der Waals surface area contributed by atoms with Gasteiger partial charge in [-0.05, 0) is 30.0 Å². The van der Waals surface area contributed by atoms with Gasteiger partial charge in [-0.25, -0.2) is 4.79 Å². The van der Waals surface area contributed by atoms with E-state index >= 15 is 0 Å². The molecule has 0 aliphatic rings. The van der Waals surface area contributed by atoms with Gasteiger partial charge in [0, 0.05) is 17.5 Å². The second kappa shape index (κ2) is 6.50. The lowest BCUT2D eigenvalue weighted by Gasteiger charge is -2.14. The smallest absolute Gasteiger partial charge is 0.338 e. The highest BCUT2D eigenvalue weighted by Crippen LogP contribution is 2.19. The van der Waals surface area contributed by atoms with Crippen LogP contribution >= 0.6 is 11.3 Å². The van der Waals surface area contributed by atoms with Gasteiger partial charge in [-0.2, -0.15) is 0 Å². The van der Waals surface area contributed by atoms with Gasteiger partial charge >= 0.3 is 5.97 Å². The van der Waals surface area contributed by atoms with Crippen molar-refractivity contribution in [2.75, 3.05) is 7.11 Å². The molecule has 2 aromatic rings. The number of rotatable bonds is 5. The lowest BCUT2D eigenvalue weighted by Crippen LogP contribution is -2.19. The molecule has 19 heavy (non-hydrogen) atoms. The first-order valence-electron chi connectivity index (χ1n) is 6.15. The van der Waals surface area contributed by atoms with Crippen LogP contribution in [0.25, 0.3) is 0 Å². The number of benzene rings is 1. The molecular formula is C15H17NO2S. The fourth-order valence-corrected chi connectivity index (χ4v) is 2.64. The van der Waals surface area contributed by atoms with Crippen molar-refractivity contribution in [1.82, 2.24) is 5.32 Å². The molecule has 0 fully saturated rings. The molecule has 0 bridgehead atoms. The Balaban J connectivity index is 2.05. The molecule has 0 aliphatic heterocycles. The van der Waals surface area contributed by atoms with Crippen LogP contribution in [-0.4, -0.2) is 13.1 Å². The Morgan fingerprint density at radius 3 is 2.79 bits per heavy atom. The second-order valence-corrected chi connectivity index (χ2v) is 5.25. The minimum absolute atomic E-state index is 0.269. The van der Waals surface area contributed by atoms with Gasteiger partial charge in [0.25, 0.3) is 0 Å². The molecule has 4 heteroatoms. The van der Waals surface area contributed by atoms with Crippen LogP contribution in [0.4, 0.5) is 0 Å². The summed E-state index contributed by atoms with van der Waals surface area (Å²) in [5, 5.41) is 5.49. The number of nitrogens with one attached hydrogen (secondary N) is 1. The number of hydrogen-bond acceptors (Lipinski definition) is 4. The van der Waals surface area contributed by atoms with E-state index in [0.29, 0.717) is 12.1 Å². The Morgan fingerprint density at radius 2 is 2.11 bits per heavy atom. The van der Waals surface area contributed by atoms with Gasteiger partial charge in [-0.3, -0.25) is 0 Å². The van der Waals surface area contributed by atoms with Gasteiger partial charge in [-0.1, -0.05) is 24.3 Å². The summed E-state index contributed by atoms with van der Waals surface area (Å²) in [5.41, 5.74) is 1.58. The van der Waals surface area contributed by atoms with Crippen molar-refractivity contribution in [2.24, 2.45) is 0 Å². The summed E-state index contributed by atoms with van der Waals surface area (Å²) < 4.78 is 4.79. The van der Waals surface area contributed by atoms with Gasteiger partial charge in [0.2, 0.25) is 0 Å². The molecule has 1 aromatic carbocycles. The van der Waals surface area contributed by atoms with E-state index < -0.39 is 0 Å². The topological polar surface area (TPSA) is 38.3 Å². The first-order valence-corrected chi connectivity index (χ1v) is 7.03. The third kappa shape index (κ3) is 3.43. The van der Waals surface area contributed by atoms with Gasteiger partial charge in [0.15, 0.2) is 0 Å². The first-order chi connectivity index (χ1) is 9.22. The Labute approximate surface area is 117 Å². The zero-order chi connectivity index (χ0) is 13.7. The third-order valence-electron chi connectivity index (χ3n) is 2.99. The summed E-state index contributed by atoms with van der Waals surface area (Å²) in [6, 6.07) is 11.9. The summed E-state index contributed by atoms with van der Waals surface area (Å²) in [6.07, 6.45) is 0. The van der Waals surface area contributed by atoms with Crippen molar-refractivity contribution in [3.8, 4) is 0 Å². The molecule has 1 unspecified atom stereocenters. The van der Waals surface area contributed by atoms with Crippen molar-refractivity contribution < 1.29 is 9.53 Å². The Morgan fingerprint density at radius 1 is 1.32 bits per heavy atom. The summed E-state index contributed by atoms with van der Waals surface area (Å²) in [6.45, 7) is 2.76.